The van der Waals surface area contributed by atoms with Crippen molar-refractivity contribution in [3.8, 4) is 0 Å². The van der Waals surface area contributed by atoms with Crippen LogP contribution in [-0.2, 0) is 9.53 Å². The number of hydrogen-bond donors (Lipinski definition) is 1. The van der Waals surface area contributed by atoms with Gasteiger partial charge in [-0.05, 0) is 33.2 Å². The van der Waals surface area contributed by atoms with Crippen molar-refractivity contribution in [1.29, 1.82) is 0 Å². The highest BCUT2D eigenvalue weighted by molar-refractivity contribution is 5.67. The van der Waals surface area contributed by atoms with Crippen LogP contribution in [0.2, 0.25) is 0 Å². The molecule has 1 N–H and O–H groups in total. The van der Waals surface area contributed by atoms with E-state index in [1.807, 2.05) is 14.0 Å². The zero-order chi connectivity index (χ0) is 11.3. The van der Waals surface area contributed by atoms with Gasteiger partial charge in [-0.25, -0.2) is 0 Å². The molecule has 0 aromatic rings. The predicted octanol–water partition coefficient (Wildman–Crippen LogP) is 1.35. The summed E-state index contributed by atoms with van der Waals surface area (Å²) in [6, 6.07) is 0.0769. The lowest BCUT2D eigenvalue weighted by atomic mass is 10.1. The van der Waals surface area contributed by atoms with Crippen LogP contribution in [0.5, 0.6) is 0 Å². The van der Waals surface area contributed by atoms with E-state index in [1.165, 1.54) is 6.42 Å². The van der Waals surface area contributed by atoms with E-state index in [0.29, 0.717) is 6.10 Å². The molecule has 15 heavy (non-hydrogen) atoms. The third-order valence-electron chi connectivity index (χ3n) is 2.99. The molecule has 1 rings (SSSR count). The van der Waals surface area contributed by atoms with Gasteiger partial charge in [-0.1, -0.05) is 0 Å². The molecule has 1 heterocycles. The maximum absolute atomic E-state index is 10.5. The average molecular weight is 215 g/mol. The summed E-state index contributed by atoms with van der Waals surface area (Å²) in [4.78, 5) is 12.6. The van der Waals surface area contributed by atoms with Crippen LogP contribution in [0.15, 0.2) is 0 Å². The molecule has 4 nitrogen and oxygen atoms in total. The van der Waals surface area contributed by atoms with Crippen LogP contribution in [0, 0.1) is 0 Å². The fourth-order valence-corrected chi connectivity index (χ4v) is 1.86. The van der Waals surface area contributed by atoms with Gasteiger partial charge >= 0.3 is 5.97 Å². The van der Waals surface area contributed by atoms with E-state index in [1.54, 1.807) is 0 Å². The van der Waals surface area contributed by atoms with E-state index in [2.05, 4.69) is 4.90 Å². The van der Waals surface area contributed by atoms with Gasteiger partial charge in [-0.15, -0.1) is 0 Å². The fraction of sp³-hybridized carbons (Fsp3) is 0.909. The van der Waals surface area contributed by atoms with Gasteiger partial charge in [0.25, 0.3) is 0 Å². The van der Waals surface area contributed by atoms with E-state index >= 15 is 0 Å². The highest BCUT2D eigenvalue weighted by Gasteiger charge is 2.19. The largest absolute Gasteiger partial charge is 0.481 e. The number of likely N-dealkylation sites (N-methyl/N-ethyl adjacent to an activating group) is 1. The van der Waals surface area contributed by atoms with Crippen LogP contribution >= 0.6 is 0 Å². The summed E-state index contributed by atoms with van der Waals surface area (Å²) in [6.45, 7) is 3.64. The van der Waals surface area contributed by atoms with E-state index in [-0.39, 0.29) is 12.5 Å². The third-order valence-corrected chi connectivity index (χ3v) is 2.99. The van der Waals surface area contributed by atoms with Crippen molar-refractivity contribution >= 4 is 5.97 Å². The first kappa shape index (κ1) is 12.5. The Kier molecular flexibility index (Phi) is 5.05. The Bertz CT molecular complexity index is 202. The third kappa shape index (κ3) is 4.62. The van der Waals surface area contributed by atoms with Crippen molar-refractivity contribution in [1.82, 2.24) is 4.90 Å². The number of carboxylic acid groups (broad SMARTS) is 1. The quantitative estimate of drug-likeness (QED) is 0.752. The second-order valence-electron chi connectivity index (χ2n) is 4.38. The minimum absolute atomic E-state index is 0.0769. The van der Waals surface area contributed by atoms with Gasteiger partial charge in [0.15, 0.2) is 0 Å². The van der Waals surface area contributed by atoms with Crippen molar-refractivity contribution in [2.24, 2.45) is 0 Å². The Morgan fingerprint density at radius 1 is 1.60 bits per heavy atom. The van der Waals surface area contributed by atoms with Gasteiger partial charge < -0.3 is 14.7 Å². The molecule has 0 aromatic carbocycles. The SMILES string of the molecule is CC(CC(=O)O)N(C)CC1CCCCO1. The molecule has 1 saturated heterocycles. The molecule has 4 heteroatoms. The average Bonchev–Trinajstić information content (AvgIpc) is 2.18. The summed E-state index contributed by atoms with van der Waals surface area (Å²) < 4.78 is 5.61. The highest BCUT2D eigenvalue weighted by Crippen LogP contribution is 2.14. The second kappa shape index (κ2) is 6.08. The van der Waals surface area contributed by atoms with Crippen molar-refractivity contribution in [3.05, 3.63) is 0 Å². The Labute approximate surface area is 91.2 Å². The van der Waals surface area contributed by atoms with Crippen LogP contribution in [0.4, 0.5) is 0 Å². The van der Waals surface area contributed by atoms with Gasteiger partial charge in [0.2, 0.25) is 0 Å². The first-order valence-electron chi connectivity index (χ1n) is 5.63. The Morgan fingerprint density at radius 3 is 2.87 bits per heavy atom. The second-order valence-corrected chi connectivity index (χ2v) is 4.38. The molecule has 0 radical (unpaired) electrons. The number of ether oxygens (including phenoxy) is 1. The number of carbonyl (C=O) groups is 1. The molecule has 0 spiro atoms. The summed E-state index contributed by atoms with van der Waals surface area (Å²) in [6.07, 6.45) is 3.98. The molecule has 0 bridgehead atoms. The molecule has 0 amide bonds. The highest BCUT2D eigenvalue weighted by atomic mass is 16.5. The molecule has 0 saturated carbocycles. The molecular weight excluding hydrogens is 194 g/mol. The van der Waals surface area contributed by atoms with Gasteiger partial charge in [-0.3, -0.25) is 4.79 Å². The standard InChI is InChI=1S/C11H21NO3/c1-9(7-11(13)14)12(2)8-10-5-3-4-6-15-10/h9-10H,3-8H2,1-2H3,(H,13,14). The monoisotopic (exact) mass is 215 g/mol. The van der Waals surface area contributed by atoms with Crippen molar-refractivity contribution in [2.75, 3.05) is 20.2 Å². The minimum Gasteiger partial charge on any atom is -0.481 e. The van der Waals surface area contributed by atoms with Gasteiger partial charge in [-0.2, -0.15) is 0 Å². The molecule has 0 aromatic heterocycles. The normalized spacial score (nSPS) is 24.1. The van der Waals surface area contributed by atoms with E-state index < -0.39 is 5.97 Å². The van der Waals surface area contributed by atoms with Crippen LogP contribution in [0.25, 0.3) is 0 Å². The van der Waals surface area contributed by atoms with Crippen LogP contribution in [-0.4, -0.2) is 48.3 Å². The maximum Gasteiger partial charge on any atom is 0.304 e. The molecular formula is C11H21NO3. The first-order valence-corrected chi connectivity index (χ1v) is 5.63. The van der Waals surface area contributed by atoms with Gasteiger partial charge in [0.1, 0.15) is 0 Å². The molecule has 88 valence electrons. The number of carboxylic acids is 1. The molecule has 2 unspecified atom stereocenters. The van der Waals surface area contributed by atoms with Gasteiger partial charge in [0.05, 0.1) is 12.5 Å². The number of nitrogens with zero attached hydrogens (tertiary/aromatic N) is 1. The Morgan fingerprint density at radius 2 is 2.33 bits per heavy atom. The zero-order valence-corrected chi connectivity index (χ0v) is 9.61. The summed E-state index contributed by atoms with van der Waals surface area (Å²) in [5, 5.41) is 8.68. The topological polar surface area (TPSA) is 49.8 Å². The lowest BCUT2D eigenvalue weighted by Crippen LogP contribution is -2.39. The van der Waals surface area contributed by atoms with Crippen LogP contribution < -0.4 is 0 Å². The number of rotatable bonds is 5. The number of aliphatic carboxylic acids is 1. The van der Waals surface area contributed by atoms with Crippen molar-refractivity contribution < 1.29 is 14.6 Å². The van der Waals surface area contributed by atoms with Crippen LogP contribution in [0.3, 0.4) is 0 Å². The number of hydrogen-bond acceptors (Lipinski definition) is 3. The van der Waals surface area contributed by atoms with E-state index in [9.17, 15) is 4.79 Å². The van der Waals surface area contributed by atoms with Gasteiger partial charge in [0, 0.05) is 19.2 Å². The van der Waals surface area contributed by atoms with Crippen molar-refractivity contribution in [3.63, 3.8) is 0 Å². The van der Waals surface area contributed by atoms with E-state index in [4.69, 9.17) is 9.84 Å². The Balaban J connectivity index is 2.26. The molecule has 0 aliphatic carbocycles. The Hall–Kier alpha value is -0.610. The molecule has 1 fully saturated rings. The molecule has 1 aliphatic rings. The molecule has 1 aliphatic heterocycles. The summed E-state index contributed by atoms with van der Waals surface area (Å²) >= 11 is 0. The van der Waals surface area contributed by atoms with Crippen molar-refractivity contribution in [2.45, 2.75) is 44.8 Å². The fourth-order valence-electron chi connectivity index (χ4n) is 1.86. The zero-order valence-electron chi connectivity index (χ0n) is 9.61. The minimum atomic E-state index is -0.737. The van der Waals surface area contributed by atoms with Crippen LogP contribution in [0.1, 0.15) is 32.6 Å². The summed E-state index contributed by atoms with van der Waals surface area (Å²) in [5.74, 6) is -0.737. The smallest absolute Gasteiger partial charge is 0.304 e. The molecule has 2 atom stereocenters. The lowest BCUT2D eigenvalue weighted by molar-refractivity contribution is -0.138. The maximum atomic E-state index is 10.5. The summed E-state index contributed by atoms with van der Waals surface area (Å²) in [5.41, 5.74) is 0. The summed E-state index contributed by atoms with van der Waals surface area (Å²) in [7, 11) is 1.96. The predicted molar refractivity (Wildman–Crippen MR) is 57.9 cm³/mol. The van der Waals surface area contributed by atoms with E-state index in [0.717, 1.165) is 26.0 Å². The first-order chi connectivity index (χ1) is 7.09. The lowest BCUT2D eigenvalue weighted by Gasteiger charge is -2.30.